The van der Waals surface area contributed by atoms with Gasteiger partial charge in [-0.05, 0) is 37.6 Å². The van der Waals surface area contributed by atoms with Gasteiger partial charge < -0.3 is 9.67 Å². The summed E-state index contributed by atoms with van der Waals surface area (Å²) in [5, 5.41) is 8.52. The van der Waals surface area contributed by atoms with Crippen LogP contribution in [-0.4, -0.2) is 20.6 Å². The van der Waals surface area contributed by atoms with Gasteiger partial charge in [-0.15, -0.1) is 0 Å². The van der Waals surface area contributed by atoms with Gasteiger partial charge in [0.05, 0.1) is 17.7 Å². The van der Waals surface area contributed by atoms with E-state index in [-0.39, 0.29) is 0 Å². The van der Waals surface area contributed by atoms with Gasteiger partial charge in [0, 0.05) is 11.8 Å². The van der Waals surface area contributed by atoms with Crippen molar-refractivity contribution >= 4 is 12.0 Å². The smallest absolute Gasteiger partial charge is 0.328 e. The maximum absolute atomic E-state index is 14.0. The number of hydrogen-bond donors (Lipinski definition) is 1. The topological polar surface area (TPSA) is 55.1 Å². The molecule has 0 aliphatic heterocycles. The maximum atomic E-state index is 14.0. The molecular formula is C14H13FN2O2. The van der Waals surface area contributed by atoms with E-state index in [2.05, 4.69) is 4.98 Å². The molecule has 4 nitrogen and oxygen atoms in total. The number of benzene rings is 1. The van der Waals surface area contributed by atoms with Crippen LogP contribution in [-0.2, 0) is 4.79 Å². The third kappa shape index (κ3) is 2.70. The zero-order chi connectivity index (χ0) is 14.0. The zero-order valence-electron chi connectivity index (χ0n) is 10.6. The summed E-state index contributed by atoms with van der Waals surface area (Å²) in [5.41, 5.74) is 2.60. The van der Waals surface area contributed by atoms with Crippen LogP contribution >= 0.6 is 0 Å². The lowest BCUT2D eigenvalue weighted by molar-refractivity contribution is -0.131. The Morgan fingerprint density at radius 2 is 2.16 bits per heavy atom. The van der Waals surface area contributed by atoms with Crippen LogP contribution in [0.5, 0.6) is 0 Å². The Bertz CT molecular complexity index is 659. The standard InChI is InChI=1S/C14H13FN2O2/c1-9-10(2)17(8-16-9)13-5-3-11(7-12(13)15)4-6-14(18)19/h3-8H,1-2H3,(H,18,19). The molecule has 19 heavy (non-hydrogen) atoms. The number of rotatable bonds is 3. The van der Waals surface area contributed by atoms with E-state index >= 15 is 0 Å². The van der Waals surface area contributed by atoms with Crippen LogP contribution in [0.3, 0.4) is 0 Å². The highest BCUT2D eigenvalue weighted by Gasteiger charge is 2.09. The molecule has 2 rings (SSSR count). The molecule has 0 saturated carbocycles. The normalized spacial score (nSPS) is 11.1. The number of aromatic nitrogens is 2. The van der Waals surface area contributed by atoms with Crippen molar-refractivity contribution in [1.29, 1.82) is 0 Å². The molecule has 1 aromatic carbocycles. The molecule has 98 valence electrons. The summed E-state index contributed by atoms with van der Waals surface area (Å²) in [4.78, 5) is 14.5. The predicted molar refractivity (Wildman–Crippen MR) is 69.7 cm³/mol. The van der Waals surface area contributed by atoms with Crippen LogP contribution < -0.4 is 0 Å². The number of carbonyl (C=O) groups is 1. The number of aliphatic carboxylic acids is 1. The highest BCUT2D eigenvalue weighted by atomic mass is 19.1. The molecular weight excluding hydrogens is 247 g/mol. The van der Waals surface area contributed by atoms with Crippen LogP contribution in [0.4, 0.5) is 4.39 Å². The molecule has 1 heterocycles. The fraction of sp³-hybridized carbons (Fsp3) is 0.143. The summed E-state index contributed by atoms with van der Waals surface area (Å²) >= 11 is 0. The Balaban J connectivity index is 2.40. The molecule has 0 fully saturated rings. The number of carboxylic acid groups (broad SMARTS) is 1. The number of carboxylic acids is 1. The number of hydrogen-bond acceptors (Lipinski definition) is 2. The van der Waals surface area contributed by atoms with Crippen LogP contribution in [0.2, 0.25) is 0 Å². The largest absolute Gasteiger partial charge is 0.478 e. The Hall–Kier alpha value is -2.43. The van der Waals surface area contributed by atoms with E-state index in [1.807, 2.05) is 13.8 Å². The van der Waals surface area contributed by atoms with Crippen molar-refractivity contribution in [2.75, 3.05) is 0 Å². The summed E-state index contributed by atoms with van der Waals surface area (Å²) in [6.45, 7) is 3.72. The van der Waals surface area contributed by atoms with E-state index in [4.69, 9.17) is 5.11 Å². The average Bonchev–Trinajstić information content (AvgIpc) is 2.68. The molecule has 0 aliphatic rings. The summed E-state index contributed by atoms with van der Waals surface area (Å²) < 4.78 is 15.7. The molecule has 0 bridgehead atoms. The van der Waals surface area contributed by atoms with Crippen LogP contribution in [0.25, 0.3) is 11.8 Å². The second-order valence-corrected chi connectivity index (χ2v) is 4.17. The third-order valence-corrected chi connectivity index (χ3v) is 2.90. The van der Waals surface area contributed by atoms with E-state index in [9.17, 15) is 9.18 Å². The summed E-state index contributed by atoms with van der Waals surface area (Å²) in [5.74, 6) is -1.49. The number of imidazole rings is 1. The van der Waals surface area contributed by atoms with Crippen molar-refractivity contribution in [3.63, 3.8) is 0 Å². The fourth-order valence-electron chi connectivity index (χ4n) is 1.73. The first-order valence-electron chi connectivity index (χ1n) is 5.70. The first-order valence-corrected chi connectivity index (χ1v) is 5.70. The Kier molecular flexibility index (Phi) is 3.46. The van der Waals surface area contributed by atoms with Crippen LogP contribution in [0, 0.1) is 19.7 Å². The van der Waals surface area contributed by atoms with Crippen molar-refractivity contribution in [2.24, 2.45) is 0 Å². The van der Waals surface area contributed by atoms with Gasteiger partial charge in [0.15, 0.2) is 0 Å². The van der Waals surface area contributed by atoms with Gasteiger partial charge in [0.2, 0.25) is 0 Å². The quantitative estimate of drug-likeness (QED) is 0.863. The molecule has 0 amide bonds. The van der Waals surface area contributed by atoms with Crippen molar-refractivity contribution in [3.05, 3.63) is 53.4 Å². The van der Waals surface area contributed by atoms with Gasteiger partial charge in [-0.1, -0.05) is 6.07 Å². The van der Waals surface area contributed by atoms with Gasteiger partial charge in [0.25, 0.3) is 0 Å². The maximum Gasteiger partial charge on any atom is 0.328 e. The van der Waals surface area contributed by atoms with Crippen molar-refractivity contribution in [1.82, 2.24) is 9.55 Å². The lowest BCUT2D eigenvalue weighted by atomic mass is 10.1. The number of nitrogens with zero attached hydrogens (tertiary/aromatic N) is 2. The first kappa shape index (κ1) is 13.0. The van der Waals surface area contributed by atoms with Crippen LogP contribution in [0.1, 0.15) is 17.0 Å². The van der Waals surface area contributed by atoms with E-state index in [1.165, 1.54) is 12.1 Å². The third-order valence-electron chi connectivity index (χ3n) is 2.90. The molecule has 0 aliphatic carbocycles. The zero-order valence-corrected chi connectivity index (χ0v) is 10.6. The highest BCUT2D eigenvalue weighted by Crippen LogP contribution is 2.19. The van der Waals surface area contributed by atoms with Gasteiger partial charge >= 0.3 is 5.97 Å². The van der Waals surface area contributed by atoms with E-state index in [0.717, 1.165) is 17.5 Å². The number of halogens is 1. The average molecular weight is 260 g/mol. The fourth-order valence-corrected chi connectivity index (χ4v) is 1.73. The first-order chi connectivity index (χ1) is 8.99. The summed E-state index contributed by atoms with van der Waals surface area (Å²) in [6, 6.07) is 4.56. The van der Waals surface area contributed by atoms with Crippen molar-refractivity contribution < 1.29 is 14.3 Å². The predicted octanol–water partition coefficient (Wildman–Crippen LogP) is 2.73. The molecule has 0 spiro atoms. The van der Waals surface area contributed by atoms with Crippen molar-refractivity contribution in [2.45, 2.75) is 13.8 Å². The molecule has 1 aromatic heterocycles. The van der Waals surface area contributed by atoms with E-state index < -0.39 is 11.8 Å². The van der Waals surface area contributed by atoms with Gasteiger partial charge in [-0.25, -0.2) is 14.2 Å². The molecule has 2 aromatic rings. The van der Waals surface area contributed by atoms with Crippen LogP contribution in [0.15, 0.2) is 30.6 Å². The summed E-state index contributed by atoms with van der Waals surface area (Å²) in [7, 11) is 0. The SMILES string of the molecule is Cc1ncn(-c2ccc(C=CC(=O)O)cc2F)c1C. The molecule has 0 atom stereocenters. The second kappa shape index (κ2) is 5.06. The molecule has 0 saturated heterocycles. The minimum absolute atomic E-state index is 0.394. The Labute approximate surface area is 109 Å². The lowest BCUT2D eigenvalue weighted by Gasteiger charge is -2.07. The van der Waals surface area contributed by atoms with E-state index in [0.29, 0.717) is 11.3 Å². The minimum Gasteiger partial charge on any atom is -0.478 e. The number of aryl methyl sites for hydroxylation is 1. The minimum atomic E-state index is -1.06. The van der Waals surface area contributed by atoms with E-state index in [1.54, 1.807) is 23.0 Å². The van der Waals surface area contributed by atoms with Crippen molar-refractivity contribution in [3.8, 4) is 5.69 Å². The second-order valence-electron chi connectivity index (χ2n) is 4.17. The Morgan fingerprint density at radius 1 is 1.42 bits per heavy atom. The monoisotopic (exact) mass is 260 g/mol. The lowest BCUT2D eigenvalue weighted by Crippen LogP contribution is -1.99. The molecule has 0 unspecified atom stereocenters. The molecule has 0 radical (unpaired) electrons. The summed E-state index contributed by atoms with van der Waals surface area (Å²) in [6.07, 6.45) is 3.89. The molecule has 1 N–H and O–H groups in total. The Morgan fingerprint density at radius 3 is 2.68 bits per heavy atom. The van der Waals surface area contributed by atoms with Gasteiger partial charge in [-0.3, -0.25) is 0 Å². The highest BCUT2D eigenvalue weighted by molar-refractivity contribution is 5.85. The molecule has 5 heteroatoms. The van der Waals surface area contributed by atoms with Gasteiger partial charge in [-0.2, -0.15) is 0 Å². The van der Waals surface area contributed by atoms with Gasteiger partial charge in [0.1, 0.15) is 5.82 Å².